The van der Waals surface area contributed by atoms with Gasteiger partial charge in [0.1, 0.15) is 6.17 Å². The third-order valence-corrected chi connectivity index (χ3v) is 4.49. The van der Waals surface area contributed by atoms with Gasteiger partial charge < -0.3 is 4.74 Å². The standard InChI is InChI=1S/C12H22FNOS/c1-10(16-2)15-9-12(4-5-12)8-14-6-3-11(13)7-14/h10-11H,3-9H2,1-2H3/t10?,11-/m0/s1. The topological polar surface area (TPSA) is 12.5 Å². The molecule has 0 amide bonds. The van der Waals surface area contributed by atoms with Crippen LogP contribution in [0.3, 0.4) is 0 Å². The second-order valence-corrected chi connectivity index (χ2v) is 6.37. The number of alkyl halides is 1. The Balaban J connectivity index is 1.71. The van der Waals surface area contributed by atoms with Crippen LogP contribution in [0.5, 0.6) is 0 Å². The fourth-order valence-electron chi connectivity index (χ4n) is 2.29. The van der Waals surface area contributed by atoms with Crippen molar-refractivity contribution < 1.29 is 9.13 Å². The lowest BCUT2D eigenvalue weighted by molar-refractivity contribution is 0.0659. The van der Waals surface area contributed by atoms with Crippen LogP contribution >= 0.6 is 11.8 Å². The summed E-state index contributed by atoms with van der Waals surface area (Å²) >= 11 is 1.74. The Labute approximate surface area is 102 Å². The van der Waals surface area contributed by atoms with Gasteiger partial charge >= 0.3 is 0 Å². The molecule has 0 radical (unpaired) electrons. The Bertz CT molecular complexity index is 235. The molecule has 0 spiro atoms. The average molecular weight is 247 g/mol. The molecule has 4 heteroatoms. The molecule has 2 nitrogen and oxygen atoms in total. The lowest BCUT2D eigenvalue weighted by Gasteiger charge is -2.24. The molecular formula is C12H22FNOS. The van der Waals surface area contributed by atoms with Gasteiger partial charge in [-0.3, -0.25) is 4.90 Å². The molecule has 1 saturated heterocycles. The molecule has 2 rings (SSSR count). The molecule has 0 bridgehead atoms. The van der Waals surface area contributed by atoms with Crippen molar-refractivity contribution in [3.05, 3.63) is 0 Å². The molecule has 0 aromatic rings. The highest BCUT2D eigenvalue weighted by Gasteiger charge is 2.45. The van der Waals surface area contributed by atoms with Gasteiger partial charge in [-0.25, -0.2) is 4.39 Å². The summed E-state index contributed by atoms with van der Waals surface area (Å²) in [5.74, 6) is 0. The van der Waals surface area contributed by atoms with Crippen LogP contribution in [0.1, 0.15) is 26.2 Å². The first-order valence-electron chi connectivity index (χ1n) is 6.14. The van der Waals surface area contributed by atoms with E-state index in [1.807, 2.05) is 0 Å². The van der Waals surface area contributed by atoms with Crippen molar-refractivity contribution in [2.45, 2.75) is 37.8 Å². The maximum absolute atomic E-state index is 13.1. The first kappa shape index (κ1) is 12.7. The van der Waals surface area contributed by atoms with Crippen LogP contribution in [-0.2, 0) is 4.74 Å². The van der Waals surface area contributed by atoms with Gasteiger partial charge in [-0.15, -0.1) is 11.8 Å². The Morgan fingerprint density at radius 1 is 1.56 bits per heavy atom. The number of hydrogen-bond acceptors (Lipinski definition) is 3. The highest BCUT2D eigenvalue weighted by Crippen LogP contribution is 2.47. The molecule has 2 atom stereocenters. The van der Waals surface area contributed by atoms with Crippen molar-refractivity contribution in [1.29, 1.82) is 0 Å². The van der Waals surface area contributed by atoms with E-state index in [0.29, 0.717) is 12.0 Å². The Morgan fingerprint density at radius 3 is 2.81 bits per heavy atom. The van der Waals surface area contributed by atoms with E-state index in [1.54, 1.807) is 11.8 Å². The van der Waals surface area contributed by atoms with Gasteiger partial charge in [-0.2, -0.15) is 0 Å². The van der Waals surface area contributed by atoms with E-state index in [2.05, 4.69) is 18.1 Å². The zero-order valence-electron chi connectivity index (χ0n) is 10.2. The molecule has 0 N–H and O–H groups in total. The van der Waals surface area contributed by atoms with E-state index in [1.165, 1.54) is 12.8 Å². The molecule has 1 saturated carbocycles. The third-order valence-electron chi connectivity index (χ3n) is 3.69. The van der Waals surface area contributed by atoms with Crippen molar-refractivity contribution in [1.82, 2.24) is 4.90 Å². The van der Waals surface area contributed by atoms with E-state index in [4.69, 9.17) is 4.74 Å². The van der Waals surface area contributed by atoms with Crippen molar-refractivity contribution >= 4 is 11.8 Å². The molecule has 94 valence electrons. The minimum absolute atomic E-state index is 0.282. The summed E-state index contributed by atoms with van der Waals surface area (Å²) in [7, 11) is 0. The molecule has 0 aromatic carbocycles. The lowest BCUT2D eigenvalue weighted by atomic mass is 10.1. The summed E-state index contributed by atoms with van der Waals surface area (Å²) < 4.78 is 18.9. The molecule has 1 unspecified atom stereocenters. The Hall–Kier alpha value is 0.200. The molecule has 2 fully saturated rings. The van der Waals surface area contributed by atoms with Crippen molar-refractivity contribution in [2.75, 3.05) is 32.5 Å². The van der Waals surface area contributed by atoms with Crippen molar-refractivity contribution in [2.24, 2.45) is 5.41 Å². The zero-order chi connectivity index (χ0) is 11.6. The van der Waals surface area contributed by atoms with Crippen LogP contribution in [0.2, 0.25) is 0 Å². The van der Waals surface area contributed by atoms with E-state index >= 15 is 0 Å². The number of hydrogen-bond donors (Lipinski definition) is 0. The Kier molecular flexibility index (Phi) is 4.14. The molecule has 1 heterocycles. The minimum atomic E-state index is -0.596. The molecule has 1 aliphatic carbocycles. The minimum Gasteiger partial charge on any atom is -0.367 e. The molecule has 0 aromatic heterocycles. The predicted octanol–water partition coefficient (Wildman–Crippen LogP) is 2.54. The van der Waals surface area contributed by atoms with Crippen molar-refractivity contribution in [3.63, 3.8) is 0 Å². The summed E-state index contributed by atoms with van der Waals surface area (Å²) in [5.41, 5.74) is 0.638. The first-order valence-corrected chi connectivity index (χ1v) is 7.43. The van der Waals surface area contributed by atoms with Gasteiger partial charge in [-0.1, -0.05) is 0 Å². The van der Waals surface area contributed by atoms with Crippen molar-refractivity contribution in [3.8, 4) is 0 Å². The van der Waals surface area contributed by atoms with Crippen LogP contribution in [0.25, 0.3) is 0 Å². The van der Waals surface area contributed by atoms with Gasteiger partial charge in [0, 0.05) is 25.0 Å². The summed E-state index contributed by atoms with van der Waals surface area (Å²) in [6.45, 7) is 5.55. The molecular weight excluding hydrogens is 225 g/mol. The van der Waals surface area contributed by atoms with Crippen LogP contribution in [0.15, 0.2) is 0 Å². The SMILES string of the molecule is CSC(C)OCC1(CN2CC[C@H](F)C2)CC1. The smallest absolute Gasteiger partial charge is 0.114 e. The number of ether oxygens (including phenoxy) is 1. The monoisotopic (exact) mass is 247 g/mol. The fourth-order valence-corrected chi connectivity index (χ4v) is 2.49. The number of nitrogens with zero attached hydrogens (tertiary/aromatic N) is 1. The summed E-state index contributed by atoms with van der Waals surface area (Å²) in [6.07, 6.45) is 4.70. The predicted molar refractivity (Wildman–Crippen MR) is 66.5 cm³/mol. The first-order chi connectivity index (χ1) is 7.63. The molecule has 16 heavy (non-hydrogen) atoms. The van der Waals surface area contributed by atoms with Crippen LogP contribution < -0.4 is 0 Å². The number of rotatable bonds is 6. The fraction of sp³-hybridized carbons (Fsp3) is 1.00. The van der Waals surface area contributed by atoms with Crippen LogP contribution in [0.4, 0.5) is 4.39 Å². The van der Waals surface area contributed by atoms with E-state index < -0.39 is 6.17 Å². The summed E-state index contributed by atoms with van der Waals surface area (Å²) in [6, 6.07) is 0. The Morgan fingerprint density at radius 2 is 2.31 bits per heavy atom. The van der Waals surface area contributed by atoms with E-state index in [0.717, 1.165) is 26.1 Å². The normalized spacial score (nSPS) is 30.6. The summed E-state index contributed by atoms with van der Waals surface area (Å²) in [4.78, 5) is 2.27. The lowest BCUT2D eigenvalue weighted by Crippen LogP contribution is -2.32. The van der Waals surface area contributed by atoms with Gasteiger partial charge in [0.25, 0.3) is 0 Å². The van der Waals surface area contributed by atoms with Gasteiger partial charge in [0.2, 0.25) is 0 Å². The highest BCUT2D eigenvalue weighted by atomic mass is 32.2. The summed E-state index contributed by atoms with van der Waals surface area (Å²) in [5, 5.41) is 0. The van der Waals surface area contributed by atoms with E-state index in [9.17, 15) is 4.39 Å². The van der Waals surface area contributed by atoms with Crippen LogP contribution in [0, 0.1) is 5.41 Å². The largest absolute Gasteiger partial charge is 0.367 e. The maximum atomic E-state index is 13.1. The van der Waals surface area contributed by atoms with Gasteiger partial charge in [0.15, 0.2) is 0 Å². The zero-order valence-corrected chi connectivity index (χ0v) is 11.1. The quantitative estimate of drug-likeness (QED) is 0.669. The van der Waals surface area contributed by atoms with Crippen LogP contribution in [-0.4, -0.2) is 49.0 Å². The van der Waals surface area contributed by atoms with Gasteiger partial charge in [-0.05, 0) is 32.4 Å². The number of halogens is 1. The maximum Gasteiger partial charge on any atom is 0.114 e. The molecule has 2 aliphatic rings. The second kappa shape index (κ2) is 5.23. The van der Waals surface area contributed by atoms with Gasteiger partial charge in [0.05, 0.1) is 12.0 Å². The third kappa shape index (κ3) is 3.34. The second-order valence-electron chi connectivity index (χ2n) is 5.24. The molecule has 1 aliphatic heterocycles. The number of likely N-dealkylation sites (tertiary alicyclic amines) is 1. The average Bonchev–Trinajstić information content (AvgIpc) is 2.92. The highest BCUT2D eigenvalue weighted by molar-refractivity contribution is 7.99. The number of thioether (sulfide) groups is 1. The van der Waals surface area contributed by atoms with E-state index in [-0.39, 0.29) is 5.44 Å².